The van der Waals surface area contributed by atoms with Crippen molar-refractivity contribution in [2.75, 3.05) is 17.7 Å². The molecule has 4 aromatic carbocycles. The number of aryl methyl sites for hydroxylation is 1. The van der Waals surface area contributed by atoms with Gasteiger partial charge in [-0.25, -0.2) is 31.3 Å². The van der Waals surface area contributed by atoms with Gasteiger partial charge in [0.15, 0.2) is 5.82 Å². The van der Waals surface area contributed by atoms with Crippen molar-refractivity contribution in [3.63, 3.8) is 0 Å². The zero-order valence-corrected chi connectivity index (χ0v) is 32.9. The first-order valence-electron chi connectivity index (χ1n) is 16.8. The molecule has 0 spiro atoms. The predicted molar refractivity (Wildman–Crippen MR) is 208 cm³/mol. The molecule has 0 aliphatic rings. The number of anilines is 1. The molecule has 17 heteroatoms. The number of ether oxygens (including phenoxy) is 2. The van der Waals surface area contributed by atoms with Gasteiger partial charge in [-0.05, 0) is 80.4 Å². The van der Waals surface area contributed by atoms with E-state index < -0.39 is 45.0 Å². The molecular weight excluding hydrogens is 777 g/mol. The fourth-order valence-corrected chi connectivity index (χ4v) is 7.55. The number of alkyl carbamates (subject to hydrolysis) is 1. The molecule has 55 heavy (non-hydrogen) atoms. The lowest BCUT2D eigenvalue weighted by Gasteiger charge is -2.26. The van der Waals surface area contributed by atoms with Crippen LogP contribution in [0.4, 0.5) is 19.4 Å². The Labute approximate surface area is 325 Å². The van der Waals surface area contributed by atoms with Crippen LogP contribution < -0.4 is 19.9 Å². The zero-order chi connectivity index (χ0) is 40.0. The summed E-state index contributed by atoms with van der Waals surface area (Å²) < 4.78 is 70.3. The maximum atomic E-state index is 14.8. The summed E-state index contributed by atoms with van der Waals surface area (Å²) in [5.74, 6) is -1.22. The molecule has 288 valence electrons. The number of nitrogens with one attached hydrogen (secondary N) is 1. The third-order valence-electron chi connectivity index (χ3n) is 8.50. The van der Waals surface area contributed by atoms with Gasteiger partial charge < -0.3 is 14.8 Å². The Morgan fingerprint density at radius 1 is 0.964 bits per heavy atom. The summed E-state index contributed by atoms with van der Waals surface area (Å²) in [6.45, 7) is 4.86. The van der Waals surface area contributed by atoms with Gasteiger partial charge in [-0.2, -0.15) is 5.10 Å². The Morgan fingerprint density at radius 2 is 1.62 bits per heavy atom. The maximum absolute atomic E-state index is 14.8. The molecule has 0 bridgehead atoms. The van der Waals surface area contributed by atoms with Gasteiger partial charge in [0.05, 0.1) is 63.5 Å². The zero-order valence-electron chi connectivity index (χ0n) is 30.5. The largest absolute Gasteiger partial charge is 0.497 e. The van der Waals surface area contributed by atoms with E-state index in [2.05, 4.69) is 10.4 Å². The number of halogens is 4. The Bertz CT molecular complexity index is 2610. The number of sulfonamides is 1. The van der Waals surface area contributed by atoms with Crippen molar-refractivity contribution in [2.45, 2.75) is 45.4 Å². The molecular formula is C38H36Cl2F2N6O6S. The van der Waals surface area contributed by atoms with Crippen molar-refractivity contribution in [1.29, 1.82) is 0 Å². The molecule has 0 radical (unpaired) electrons. The van der Waals surface area contributed by atoms with Gasteiger partial charge in [-0.1, -0.05) is 41.4 Å². The summed E-state index contributed by atoms with van der Waals surface area (Å²) >= 11 is 13.4. The smallest absolute Gasteiger partial charge is 0.408 e. The van der Waals surface area contributed by atoms with E-state index in [0.29, 0.717) is 17.4 Å². The molecule has 0 aliphatic carbocycles. The van der Waals surface area contributed by atoms with Crippen molar-refractivity contribution in [3.8, 4) is 11.4 Å². The van der Waals surface area contributed by atoms with Crippen molar-refractivity contribution < 1.29 is 31.5 Å². The lowest BCUT2D eigenvalue weighted by atomic mass is 10.0. The average molecular weight is 814 g/mol. The van der Waals surface area contributed by atoms with Gasteiger partial charge in [-0.3, -0.25) is 14.0 Å². The van der Waals surface area contributed by atoms with E-state index in [4.69, 9.17) is 37.7 Å². The van der Waals surface area contributed by atoms with Crippen LogP contribution in [0.15, 0.2) is 77.6 Å². The van der Waals surface area contributed by atoms with E-state index in [1.54, 1.807) is 64.2 Å². The van der Waals surface area contributed by atoms with E-state index in [1.165, 1.54) is 34.6 Å². The predicted octanol–water partition coefficient (Wildman–Crippen LogP) is 7.64. The van der Waals surface area contributed by atoms with E-state index in [1.807, 2.05) is 0 Å². The summed E-state index contributed by atoms with van der Waals surface area (Å²) in [6.07, 6.45) is -0.106. The second-order valence-electron chi connectivity index (χ2n) is 13.8. The lowest BCUT2D eigenvalue weighted by molar-refractivity contribution is 0.0500. The van der Waals surface area contributed by atoms with Crippen molar-refractivity contribution in [2.24, 2.45) is 7.05 Å². The molecule has 1 amide bonds. The van der Waals surface area contributed by atoms with Crippen LogP contribution in [0.2, 0.25) is 10.0 Å². The molecule has 0 fully saturated rings. The third kappa shape index (κ3) is 8.38. The van der Waals surface area contributed by atoms with Crippen LogP contribution in [0.3, 0.4) is 0 Å². The first-order chi connectivity index (χ1) is 25.8. The summed E-state index contributed by atoms with van der Waals surface area (Å²) in [4.78, 5) is 33.0. The molecule has 1 N–H and O–H groups in total. The van der Waals surface area contributed by atoms with Crippen LogP contribution >= 0.6 is 23.2 Å². The Balaban J connectivity index is 1.63. The number of amides is 1. The SMILES string of the molecule is COc1ccc(CN(c2nn(C)c3c(-n4c(C(Cc5cc(F)cc(F)c5)NC(=O)OC(C)(C)C)nc5cccc(Cl)c5c4=O)ccc(Cl)c23)S(C)(=O)=O)cc1. The highest BCUT2D eigenvalue weighted by Gasteiger charge is 2.31. The minimum absolute atomic E-state index is 0.0253. The number of methoxy groups -OCH3 is 1. The van der Waals surface area contributed by atoms with Gasteiger partial charge in [0.25, 0.3) is 5.56 Å². The second kappa shape index (κ2) is 15.1. The third-order valence-corrected chi connectivity index (χ3v) is 10.2. The first kappa shape index (κ1) is 39.4. The van der Waals surface area contributed by atoms with E-state index in [9.17, 15) is 26.8 Å². The number of carbonyl (C=O) groups excluding carboxylic acids is 1. The van der Waals surface area contributed by atoms with E-state index in [-0.39, 0.29) is 67.7 Å². The van der Waals surface area contributed by atoms with E-state index >= 15 is 0 Å². The van der Waals surface area contributed by atoms with Crippen LogP contribution in [-0.2, 0) is 34.8 Å². The fourth-order valence-electron chi connectivity index (χ4n) is 6.23. The highest BCUT2D eigenvalue weighted by Crippen LogP contribution is 2.38. The van der Waals surface area contributed by atoms with Crippen LogP contribution in [0, 0.1) is 11.6 Å². The Morgan fingerprint density at radius 3 is 2.24 bits per heavy atom. The van der Waals surface area contributed by atoms with Gasteiger partial charge in [0, 0.05) is 19.5 Å². The molecule has 1 atom stereocenters. The van der Waals surface area contributed by atoms with Crippen LogP contribution in [-0.4, -0.2) is 52.8 Å². The average Bonchev–Trinajstić information content (AvgIpc) is 3.43. The van der Waals surface area contributed by atoms with Gasteiger partial charge in [0.2, 0.25) is 10.0 Å². The number of nitrogens with zero attached hydrogens (tertiary/aromatic N) is 5. The standard InChI is InChI=1S/C38H36Cl2F2N6O6S/c1-38(2,3)54-37(50)44-29(18-22-16-23(41)19-24(42)17-22)34-43-28-9-7-8-26(39)31(28)36(49)48(34)30-15-14-27(40)32-33(30)46(4)45-35(32)47(55(6,51)52)20-21-10-12-25(53-5)13-11-21/h7-17,19,29H,18,20H2,1-6H3,(H,44,50). The number of hydrogen-bond donors (Lipinski definition) is 1. The van der Waals surface area contributed by atoms with Crippen molar-refractivity contribution >= 4 is 66.9 Å². The molecule has 2 heterocycles. The summed E-state index contributed by atoms with van der Waals surface area (Å²) in [5, 5.41) is 7.76. The summed E-state index contributed by atoms with van der Waals surface area (Å²) in [6, 6.07) is 16.2. The van der Waals surface area contributed by atoms with Gasteiger partial charge >= 0.3 is 6.09 Å². The number of fused-ring (bicyclic) bond motifs is 2. The molecule has 0 aliphatic heterocycles. The van der Waals surface area contributed by atoms with Gasteiger partial charge in [0.1, 0.15) is 28.8 Å². The highest BCUT2D eigenvalue weighted by molar-refractivity contribution is 7.92. The first-order valence-corrected chi connectivity index (χ1v) is 19.4. The molecule has 6 aromatic rings. The molecule has 1 unspecified atom stereocenters. The van der Waals surface area contributed by atoms with E-state index in [0.717, 1.165) is 22.7 Å². The number of benzene rings is 4. The monoisotopic (exact) mass is 812 g/mol. The van der Waals surface area contributed by atoms with Crippen LogP contribution in [0.5, 0.6) is 5.75 Å². The summed E-state index contributed by atoms with van der Waals surface area (Å²) in [7, 11) is -0.921. The molecule has 2 aromatic heterocycles. The number of hydrogen-bond acceptors (Lipinski definition) is 8. The van der Waals surface area contributed by atoms with Crippen LogP contribution in [0.1, 0.15) is 43.8 Å². The van der Waals surface area contributed by atoms with Crippen LogP contribution in [0.25, 0.3) is 27.5 Å². The minimum Gasteiger partial charge on any atom is -0.497 e. The fraction of sp³-hybridized carbons (Fsp3) is 0.263. The molecule has 0 saturated heterocycles. The quantitative estimate of drug-likeness (QED) is 0.149. The molecule has 12 nitrogen and oxygen atoms in total. The minimum atomic E-state index is -3.99. The second-order valence-corrected chi connectivity index (χ2v) is 16.5. The van der Waals surface area contributed by atoms with Crippen molar-refractivity contribution in [1.82, 2.24) is 24.6 Å². The summed E-state index contributed by atoms with van der Waals surface area (Å²) in [5.41, 5.74) is -0.329. The topological polar surface area (TPSA) is 138 Å². The lowest BCUT2D eigenvalue weighted by Crippen LogP contribution is -2.39. The number of rotatable bonds is 10. The maximum Gasteiger partial charge on any atom is 0.408 e. The Kier molecular flexibility index (Phi) is 10.8. The molecule has 0 saturated carbocycles. The highest BCUT2D eigenvalue weighted by atomic mass is 35.5. The van der Waals surface area contributed by atoms with Gasteiger partial charge in [-0.15, -0.1) is 0 Å². The number of aromatic nitrogens is 4. The normalized spacial score (nSPS) is 12.5. The van der Waals surface area contributed by atoms with Crippen molar-refractivity contribution in [3.05, 3.63) is 122 Å². The Hall–Kier alpha value is -5.25. The number of carbonyl (C=O) groups is 1. The molecule has 6 rings (SSSR count).